The lowest BCUT2D eigenvalue weighted by atomic mass is 9.93. The fraction of sp³-hybridized carbons (Fsp3) is 0.643. The average Bonchev–Trinajstić information content (AvgIpc) is 3.05. The van der Waals surface area contributed by atoms with Crippen LogP contribution in [0.15, 0.2) is 5.38 Å². The molecule has 7 heteroatoms. The normalized spacial score (nSPS) is 21.7. The lowest BCUT2D eigenvalue weighted by Crippen LogP contribution is -2.53. The summed E-state index contributed by atoms with van der Waals surface area (Å²) >= 11 is 3.10. The van der Waals surface area contributed by atoms with Gasteiger partial charge in [-0.1, -0.05) is 6.92 Å². The lowest BCUT2D eigenvalue weighted by Gasteiger charge is -2.33. The minimum atomic E-state index is -0.991. The second kappa shape index (κ2) is 6.79. The first-order chi connectivity index (χ1) is 9.99. The molecule has 1 aromatic rings. The number of amides is 1. The predicted molar refractivity (Wildman–Crippen MR) is 84.6 cm³/mol. The molecular weight excluding hydrogens is 308 g/mol. The van der Waals surface area contributed by atoms with E-state index in [9.17, 15) is 14.7 Å². The van der Waals surface area contributed by atoms with Crippen molar-refractivity contribution in [2.24, 2.45) is 0 Å². The van der Waals surface area contributed by atoms with E-state index in [1.165, 1.54) is 11.8 Å². The molecule has 1 aliphatic rings. The second-order valence-electron chi connectivity index (χ2n) is 5.19. The SMILES string of the molecule is CCC1(C(=O)O)CCCN1C(=O)CSCc1csc(C)n1. The minimum absolute atomic E-state index is 0.0753. The monoisotopic (exact) mass is 328 g/mol. The van der Waals surface area contributed by atoms with E-state index in [2.05, 4.69) is 4.98 Å². The van der Waals surface area contributed by atoms with Gasteiger partial charge in [0.05, 0.1) is 16.5 Å². The Labute approximate surface area is 132 Å². The van der Waals surface area contributed by atoms with Crippen molar-refractivity contribution in [3.63, 3.8) is 0 Å². The number of thioether (sulfide) groups is 1. The fourth-order valence-electron chi connectivity index (χ4n) is 2.78. The summed E-state index contributed by atoms with van der Waals surface area (Å²) in [7, 11) is 0. The van der Waals surface area contributed by atoms with Gasteiger partial charge in [0, 0.05) is 17.7 Å². The summed E-state index contributed by atoms with van der Waals surface area (Å²) in [5, 5.41) is 12.5. The molecule has 0 aromatic carbocycles. The number of aromatic nitrogens is 1. The van der Waals surface area contributed by atoms with Crippen LogP contribution >= 0.6 is 23.1 Å². The first kappa shape index (κ1) is 16.3. The zero-order valence-corrected chi connectivity index (χ0v) is 13.9. The maximum absolute atomic E-state index is 12.3. The highest BCUT2D eigenvalue weighted by Crippen LogP contribution is 2.33. The van der Waals surface area contributed by atoms with E-state index >= 15 is 0 Å². The number of aryl methyl sites for hydroxylation is 1. The van der Waals surface area contributed by atoms with Crippen molar-refractivity contribution < 1.29 is 14.7 Å². The fourth-order valence-corrected chi connectivity index (χ4v) is 4.29. The predicted octanol–water partition coefficient (Wildman–Crippen LogP) is 2.54. The van der Waals surface area contributed by atoms with Crippen molar-refractivity contribution in [2.45, 2.75) is 44.4 Å². The van der Waals surface area contributed by atoms with Gasteiger partial charge in [-0.2, -0.15) is 0 Å². The zero-order valence-electron chi connectivity index (χ0n) is 12.3. The van der Waals surface area contributed by atoms with Crippen LogP contribution in [0, 0.1) is 6.92 Å². The molecule has 0 saturated carbocycles. The molecule has 0 aliphatic carbocycles. The molecule has 1 aromatic heterocycles. The Morgan fingerprint density at radius 1 is 1.57 bits per heavy atom. The smallest absolute Gasteiger partial charge is 0.329 e. The van der Waals surface area contributed by atoms with Crippen LogP contribution in [-0.2, 0) is 15.3 Å². The highest BCUT2D eigenvalue weighted by molar-refractivity contribution is 7.99. The quantitative estimate of drug-likeness (QED) is 0.869. The molecule has 1 aliphatic heterocycles. The van der Waals surface area contributed by atoms with Gasteiger partial charge in [0.25, 0.3) is 0 Å². The van der Waals surface area contributed by atoms with Crippen molar-refractivity contribution in [3.05, 3.63) is 16.1 Å². The van der Waals surface area contributed by atoms with Gasteiger partial charge in [-0.25, -0.2) is 9.78 Å². The Hall–Kier alpha value is -1.08. The lowest BCUT2D eigenvalue weighted by molar-refractivity contribution is -0.155. The molecule has 2 heterocycles. The standard InChI is InChI=1S/C14H20N2O3S2/c1-3-14(13(18)19)5-4-6-16(14)12(17)9-20-7-11-8-21-10(2)15-11/h8H,3-7,9H2,1-2H3,(H,18,19). The largest absolute Gasteiger partial charge is 0.479 e. The van der Waals surface area contributed by atoms with Crippen LogP contribution in [0.1, 0.15) is 36.9 Å². The van der Waals surface area contributed by atoms with E-state index < -0.39 is 11.5 Å². The average molecular weight is 328 g/mol. The van der Waals surface area contributed by atoms with Gasteiger partial charge in [0.15, 0.2) is 0 Å². The molecule has 116 valence electrons. The van der Waals surface area contributed by atoms with Gasteiger partial charge >= 0.3 is 5.97 Å². The first-order valence-electron chi connectivity index (χ1n) is 7.02. The number of carboxylic acids is 1. The van der Waals surface area contributed by atoms with Crippen LogP contribution in [0.4, 0.5) is 0 Å². The van der Waals surface area contributed by atoms with Gasteiger partial charge in [-0.3, -0.25) is 4.79 Å². The van der Waals surface area contributed by atoms with Gasteiger partial charge in [0.2, 0.25) is 5.91 Å². The van der Waals surface area contributed by atoms with E-state index in [4.69, 9.17) is 0 Å². The van der Waals surface area contributed by atoms with Crippen LogP contribution in [0.25, 0.3) is 0 Å². The van der Waals surface area contributed by atoms with Crippen molar-refractivity contribution in [2.75, 3.05) is 12.3 Å². The molecule has 0 bridgehead atoms. The Morgan fingerprint density at radius 3 is 2.90 bits per heavy atom. The van der Waals surface area contributed by atoms with E-state index in [0.29, 0.717) is 30.9 Å². The molecule has 1 amide bonds. The van der Waals surface area contributed by atoms with Crippen LogP contribution in [0.3, 0.4) is 0 Å². The molecule has 2 rings (SSSR count). The first-order valence-corrected chi connectivity index (χ1v) is 9.05. The van der Waals surface area contributed by atoms with E-state index in [1.54, 1.807) is 16.2 Å². The number of carboxylic acid groups (broad SMARTS) is 1. The molecule has 21 heavy (non-hydrogen) atoms. The number of carbonyl (C=O) groups excluding carboxylic acids is 1. The van der Waals surface area contributed by atoms with E-state index in [0.717, 1.165) is 17.1 Å². The highest BCUT2D eigenvalue weighted by Gasteiger charge is 2.48. The third kappa shape index (κ3) is 3.40. The number of likely N-dealkylation sites (tertiary alicyclic amines) is 1. The number of hydrogen-bond acceptors (Lipinski definition) is 5. The van der Waals surface area contributed by atoms with E-state index in [-0.39, 0.29) is 5.91 Å². The Kier molecular flexibility index (Phi) is 5.27. The number of thiazole rings is 1. The van der Waals surface area contributed by atoms with Crippen molar-refractivity contribution in [1.82, 2.24) is 9.88 Å². The van der Waals surface area contributed by atoms with Gasteiger partial charge < -0.3 is 10.0 Å². The molecule has 1 atom stereocenters. The molecule has 1 N–H and O–H groups in total. The summed E-state index contributed by atoms with van der Waals surface area (Å²) in [6.07, 6.45) is 1.78. The number of hydrogen-bond donors (Lipinski definition) is 1. The van der Waals surface area contributed by atoms with Crippen LogP contribution in [0.5, 0.6) is 0 Å². The zero-order chi connectivity index (χ0) is 15.5. The number of nitrogens with zero attached hydrogens (tertiary/aromatic N) is 2. The molecule has 1 unspecified atom stereocenters. The molecule has 5 nitrogen and oxygen atoms in total. The summed E-state index contributed by atoms with van der Waals surface area (Å²) in [6, 6.07) is 0. The number of carbonyl (C=O) groups is 2. The van der Waals surface area contributed by atoms with Gasteiger partial charge in [-0.15, -0.1) is 23.1 Å². The van der Waals surface area contributed by atoms with Crippen LogP contribution < -0.4 is 0 Å². The summed E-state index contributed by atoms with van der Waals surface area (Å²) in [5.74, 6) is 0.0477. The van der Waals surface area contributed by atoms with Crippen LogP contribution in [-0.4, -0.2) is 44.7 Å². The Morgan fingerprint density at radius 2 is 2.33 bits per heavy atom. The topological polar surface area (TPSA) is 70.5 Å². The molecule has 0 radical (unpaired) electrons. The minimum Gasteiger partial charge on any atom is -0.479 e. The van der Waals surface area contributed by atoms with Crippen molar-refractivity contribution in [3.8, 4) is 0 Å². The summed E-state index contributed by atoms with van der Waals surface area (Å²) < 4.78 is 0. The Bertz CT molecular complexity index is 532. The molecule has 1 saturated heterocycles. The van der Waals surface area contributed by atoms with E-state index in [1.807, 2.05) is 19.2 Å². The maximum Gasteiger partial charge on any atom is 0.329 e. The summed E-state index contributed by atoms with van der Waals surface area (Å²) in [5.41, 5.74) is -0.00814. The third-order valence-corrected chi connectivity index (χ3v) is 5.69. The summed E-state index contributed by atoms with van der Waals surface area (Å²) in [6.45, 7) is 4.34. The number of aliphatic carboxylic acids is 1. The summed E-state index contributed by atoms with van der Waals surface area (Å²) in [4.78, 5) is 29.8. The highest BCUT2D eigenvalue weighted by atomic mass is 32.2. The van der Waals surface area contributed by atoms with Crippen LogP contribution in [0.2, 0.25) is 0 Å². The third-order valence-electron chi connectivity index (χ3n) is 3.91. The van der Waals surface area contributed by atoms with Crippen molar-refractivity contribution in [1.29, 1.82) is 0 Å². The Balaban J connectivity index is 1.91. The molecule has 0 spiro atoms. The second-order valence-corrected chi connectivity index (χ2v) is 7.24. The molecular formula is C14H20N2O3S2. The number of rotatable bonds is 6. The van der Waals surface area contributed by atoms with Crippen molar-refractivity contribution >= 4 is 35.0 Å². The van der Waals surface area contributed by atoms with Gasteiger partial charge in [0.1, 0.15) is 5.54 Å². The molecule has 1 fully saturated rings. The van der Waals surface area contributed by atoms with Gasteiger partial charge in [-0.05, 0) is 26.2 Å². The maximum atomic E-state index is 12.3.